The predicted octanol–water partition coefficient (Wildman–Crippen LogP) is 0.0935. The van der Waals surface area contributed by atoms with E-state index in [1.54, 1.807) is 43.3 Å². The molecule has 2 N–H and O–H groups in total. The van der Waals surface area contributed by atoms with Crippen molar-refractivity contribution in [2.24, 2.45) is 0 Å². The summed E-state index contributed by atoms with van der Waals surface area (Å²) in [5.41, 5.74) is 0.560. The summed E-state index contributed by atoms with van der Waals surface area (Å²) in [5, 5.41) is 13.5. The maximum atomic E-state index is 12.7. The molecule has 0 radical (unpaired) electrons. The summed E-state index contributed by atoms with van der Waals surface area (Å²) < 4.78 is 30.3. The number of carbonyl (C=O) groups is 3. The summed E-state index contributed by atoms with van der Waals surface area (Å²) in [4.78, 5) is 39.8. The molecule has 0 aromatic heterocycles. The molecule has 1 aliphatic rings. The van der Waals surface area contributed by atoms with Crippen molar-refractivity contribution in [2.45, 2.75) is 18.7 Å². The Balaban J connectivity index is 2.02. The molecule has 0 spiro atoms. The lowest BCUT2D eigenvalue weighted by atomic mass is 10.2. The van der Waals surface area contributed by atoms with Gasteiger partial charge in [0.05, 0.1) is 24.2 Å². The van der Waals surface area contributed by atoms with Gasteiger partial charge in [0, 0.05) is 26.2 Å². The molecule has 0 saturated carbocycles. The predicted molar refractivity (Wildman–Crippen MR) is 115 cm³/mol. The highest BCUT2D eigenvalue weighted by molar-refractivity contribution is 7.90. The molecule has 11 nitrogen and oxygen atoms in total. The van der Waals surface area contributed by atoms with Gasteiger partial charge >= 0.3 is 12.1 Å². The third kappa shape index (κ3) is 7.73. The second-order valence-electron chi connectivity index (χ2n) is 7.09. The van der Waals surface area contributed by atoms with Crippen molar-refractivity contribution in [1.82, 2.24) is 20.4 Å². The van der Waals surface area contributed by atoms with Crippen LogP contribution < -0.4 is 10.6 Å². The van der Waals surface area contributed by atoms with Crippen molar-refractivity contribution in [1.29, 1.82) is 5.26 Å². The summed E-state index contributed by atoms with van der Waals surface area (Å²) in [6.07, 6.45) is -0.465. The monoisotopic (exact) mass is 465 g/mol. The first kappa shape index (κ1) is 24.9. The van der Waals surface area contributed by atoms with Gasteiger partial charge in [0.1, 0.15) is 12.6 Å². The molecule has 1 atom stereocenters. The number of benzene rings is 1. The van der Waals surface area contributed by atoms with E-state index in [1.807, 2.05) is 0 Å². The van der Waals surface area contributed by atoms with Crippen molar-refractivity contribution in [2.75, 3.05) is 45.1 Å². The van der Waals surface area contributed by atoms with Gasteiger partial charge in [-0.1, -0.05) is 30.3 Å². The van der Waals surface area contributed by atoms with Crippen LogP contribution in [0.4, 0.5) is 9.59 Å². The standard InChI is InChI=1S/C20H27N5O6S/c1-2-31-20(28)25-12-10-24(11-13-25)19(27)23-17(18(26)22-9-8-21)15-32(29,30)14-16-6-4-3-5-7-16/h3-7,17H,2,9-15H2,1H3,(H,22,26)(H,23,27). The molecule has 1 saturated heterocycles. The largest absolute Gasteiger partial charge is 0.450 e. The molecule has 1 fully saturated rings. The average molecular weight is 466 g/mol. The maximum Gasteiger partial charge on any atom is 0.409 e. The number of hydrogen-bond donors (Lipinski definition) is 2. The Labute approximate surface area is 187 Å². The summed E-state index contributed by atoms with van der Waals surface area (Å²) >= 11 is 0. The summed E-state index contributed by atoms with van der Waals surface area (Å²) in [7, 11) is -3.75. The number of carbonyl (C=O) groups excluding carboxylic acids is 3. The van der Waals surface area contributed by atoms with Crippen LogP contribution in [-0.4, -0.2) is 87.4 Å². The molecule has 2 rings (SSSR count). The lowest BCUT2D eigenvalue weighted by Gasteiger charge is -2.34. The summed E-state index contributed by atoms with van der Waals surface area (Å²) in [5.74, 6) is -1.67. The van der Waals surface area contributed by atoms with Crippen molar-refractivity contribution in [3.05, 3.63) is 35.9 Å². The minimum absolute atomic E-state index is 0.202. The average Bonchev–Trinajstić information content (AvgIpc) is 2.77. The molecule has 1 aromatic rings. The SMILES string of the molecule is CCOC(=O)N1CCN(C(=O)NC(CS(=O)(=O)Cc2ccccc2)C(=O)NCC#N)CC1. The van der Waals surface area contributed by atoms with Crippen LogP contribution in [-0.2, 0) is 25.1 Å². The Morgan fingerprint density at radius 3 is 2.34 bits per heavy atom. The summed E-state index contributed by atoms with van der Waals surface area (Å²) in [6.45, 7) is 2.54. The van der Waals surface area contributed by atoms with Crippen LogP contribution in [0.2, 0.25) is 0 Å². The first-order valence-electron chi connectivity index (χ1n) is 10.1. The number of hydrogen-bond acceptors (Lipinski definition) is 7. The maximum absolute atomic E-state index is 12.7. The highest BCUT2D eigenvalue weighted by atomic mass is 32.2. The number of nitriles is 1. The van der Waals surface area contributed by atoms with Crippen molar-refractivity contribution in [3.63, 3.8) is 0 Å². The van der Waals surface area contributed by atoms with E-state index in [2.05, 4.69) is 10.6 Å². The van der Waals surface area contributed by atoms with E-state index in [0.29, 0.717) is 5.56 Å². The molecule has 174 valence electrons. The zero-order chi connectivity index (χ0) is 23.6. The quantitative estimate of drug-likeness (QED) is 0.517. The number of piperazine rings is 1. The minimum Gasteiger partial charge on any atom is -0.450 e. The minimum atomic E-state index is -3.75. The Kier molecular flexibility index (Phi) is 9.27. The highest BCUT2D eigenvalue weighted by Crippen LogP contribution is 2.09. The Morgan fingerprint density at radius 1 is 1.12 bits per heavy atom. The molecular weight excluding hydrogens is 438 g/mol. The smallest absolute Gasteiger partial charge is 0.409 e. The lowest BCUT2D eigenvalue weighted by molar-refractivity contribution is -0.122. The fourth-order valence-electron chi connectivity index (χ4n) is 3.12. The molecule has 12 heteroatoms. The van der Waals surface area contributed by atoms with Gasteiger partial charge in [0.25, 0.3) is 0 Å². The van der Waals surface area contributed by atoms with Crippen LogP contribution in [0.1, 0.15) is 12.5 Å². The van der Waals surface area contributed by atoms with E-state index in [1.165, 1.54) is 9.80 Å². The van der Waals surface area contributed by atoms with Crippen LogP contribution in [0.5, 0.6) is 0 Å². The van der Waals surface area contributed by atoms with Crippen molar-refractivity contribution < 1.29 is 27.5 Å². The number of ether oxygens (including phenoxy) is 1. The normalized spacial score (nSPS) is 14.8. The van der Waals surface area contributed by atoms with Crippen LogP contribution in [0, 0.1) is 11.3 Å². The Bertz CT molecular complexity index is 939. The highest BCUT2D eigenvalue weighted by Gasteiger charge is 2.31. The van der Waals surface area contributed by atoms with Gasteiger partial charge in [-0.3, -0.25) is 4.79 Å². The molecule has 0 bridgehead atoms. The van der Waals surface area contributed by atoms with Crippen LogP contribution in [0.15, 0.2) is 30.3 Å². The number of rotatable bonds is 8. The van der Waals surface area contributed by atoms with E-state index in [0.717, 1.165) is 0 Å². The number of urea groups is 1. The first-order chi connectivity index (χ1) is 15.3. The molecular formula is C20H27N5O6S. The molecule has 1 heterocycles. The van der Waals surface area contributed by atoms with Gasteiger partial charge in [0.2, 0.25) is 5.91 Å². The molecule has 32 heavy (non-hydrogen) atoms. The number of nitrogens with zero attached hydrogens (tertiary/aromatic N) is 3. The number of nitrogens with one attached hydrogen (secondary N) is 2. The zero-order valence-corrected chi connectivity index (χ0v) is 18.6. The molecule has 0 aliphatic carbocycles. The molecule has 1 unspecified atom stereocenters. The Morgan fingerprint density at radius 2 is 1.75 bits per heavy atom. The van der Waals surface area contributed by atoms with Crippen LogP contribution in [0.3, 0.4) is 0 Å². The van der Waals surface area contributed by atoms with Gasteiger partial charge < -0.3 is 25.2 Å². The van der Waals surface area contributed by atoms with E-state index < -0.39 is 39.7 Å². The van der Waals surface area contributed by atoms with Gasteiger partial charge in [-0.25, -0.2) is 18.0 Å². The van der Waals surface area contributed by atoms with E-state index in [-0.39, 0.29) is 45.1 Å². The van der Waals surface area contributed by atoms with E-state index in [9.17, 15) is 22.8 Å². The topological polar surface area (TPSA) is 149 Å². The third-order valence-corrected chi connectivity index (χ3v) is 6.31. The number of sulfone groups is 1. The van der Waals surface area contributed by atoms with Crippen molar-refractivity contribution >= 4 is 27.9 Å². The second kappa shape index (κ2) is 11.9. The van der Waals surface area contributed by atoms with Crippen LogP contribution in [0.25, 0.3) is 0 Å². The Hall–Kier alpha value is -3.33. The van der Waals surface area contributed by atoms with Gasteiger partial charge in [0.15, 0.2) is 9.84 Å². The molecule has 4 amide bonds. The van der Waals surface area contributed by atoms with Gasteiger partial charge in [-0.15, -0.1) is 0 Å². The fraction of sp³-hybridized carbons (Fsp3) is 0.500. The third-order valence-electron chi connectivity index (χ3n) is 4.70. The number of amides is 4. The molecule has 1 aliphatic heterocycles. The second-order valence-corrected chi connectivity index (χ2v) is 9.20. The lowest BCUT2D eigenvalue weighted by Crippen LogP contribution is -2.58. The van der Waals surface area contributed by atoms with E-state index >= 15 is 0 Å². The van der Waals surface area contributed by atoms with Gasteiger partial charge in [-0.2, -0.15) is 5.26 Å². The fourth-order valence-corrected chi connectivity index (χ4v) is 4.68. The summed E-state index contributed by atoms with van der Waals surface area (Å²) in [6, 6.07) is 8.24. The molecule has 1 aromatic carbocycles. The zero-order valence-electron chi connectivity index (χ0n) is 17.8. The van der Waals surface area contributed by atoms with Gasteiger partial charge in [-0.05, 0) is 12.5 Å². The van der Waals surface area contributed by atoms with Crippen molar-refractivity contribution in [3.8, 4) is 6.07 Å². The van der Waals surface area contributed by atoms with Crippen LogP contribution >= 0.6 is 0 Å². The van der Waals surface area contributed by atoms with E-state index in [4.69, 9.17) is 10.00 Å². The first-order valence-corrected chi connectivity index (χ1v) is 11.9.